The molecule has 0 aliphatic carbocycles. The molecule has 0 amide bonds. The Kier molecular flexibility index (Phi) is 5.53. The Balaban J connectivity index is 1.65. The smallest absolute Gasteiger partial charge is 0.348 e. The summed E-state index contributed by atoms with van der Waals surface area (Å²) in [5, 5.41) is 5.11. The first-order chi connectivity index (χ1) is 11.2. The molecule has 7 heteroatoms. The number of aromatic nitrogens is 1. The van der Waals surface area contributed by atoms with Crippen molar-refractivity contribution in [1.82, 2.24) is 4.98 Å². The molecule has 23 heavy (non-hydrogen) atoms. The summed E-state index contributed by atoms with van der Waals surface area (Å²) in [5.74, 6) is 0.503. The van der Waals surface area contributed by atoms with Crippen molar-refractivity contribution in [3.8, 4) is 11.3 Å². The van der Waals surface area contributed by atoms with E-state index >= 15 is 0 Å². The molecule has 0 spiro atoms. The monoisotopic (exact) mass is 425 g/mol. The lowest BCUT2D eigenvalue weighted by Crippen LogP contribution is -1.96. The first-order valence-corrected chi connectivity index (χ1v) is 10.2. The van der Waals surface area contributed by atoms with Crippen molar-refractivity contribution in [2.45, 2.75) is 10.6 Å². The van der Waals surface area contributed by atoms with Crippen LogP contribution < -0.4 is 0 Å². The number of halogens is 1. The van der Waals surface area contributed by atoms with Gasteiger partial charge >= 0.3 is 5.97 Å². The van der Waals surface area contributed by atoms with Crippen molar-refractivity contribution in [3.63, 3.8) is 0 Å². The van der Waals surface area contributed by atoms with Crippen molar-refractivity contribution in [1.29, 1.82) is 0 Å². The molecule has 0 aliphatic heterocycles. The van der Waals surface area contributed by atoms with E-state index in [9.17, 15) is 4.79 Å². The maximum atomic E-state index is 11.5. The molecule has 0 unspecified atom stereocenters. The lowest BCUT2D eigenvalue weighted by Gasteiger charge is -1.97. The summed E-state index contributed by atoms with van der Waals surface area (Å²) in [6, 6.07) is 9.99. The minimum Gasteiger partial charge on any atom is -0.465 e. The van der Waals surface area contributed by atoms with E-state index < -0.39 is 0 Å². The Labute approximate surface area is 154 Å². The second-order valence-corrected chi connectivity index (χ2v) is 8.38. The molecular weight excluding hydrogens is 414 g/mol. The second-order valence-electron chi connectivity index (χ2n) is 4.56. The highest BCUT2D eigenvalue weighted by molar-refractivity contribution is 9.10. The molecule has 0 atom stereocenters. The average Bonchev–Trinajstić information content (AvgIpc) is 3.21. The number of hydrogen-bond donors (Lipinski definition) is 0. The second kappa shape index (κ2) is 7.61. The lowest BCUT2D eigenvalue weighted by atomic mass is 10.2. The fourth-order valence-electron chi connectivity index (χ4n) is 1.90. The first-order valence-electron chi connectivity index (χ1n) is 6.65. The summed E-state index contributed by atoms with van der Waals surface area (Å²) in [5.41, 5.74) is 2.10. The summed E-state index contributed by atoms with van der Waals surface area (Å²) in [6.45, 7) is 0. The van der Waals surface area contributed by atoms with Crippen LogP contribution in [0.15, 0.2) is 50.5 Å². The van der Waals surface area contributed by atoms with Crippen LogP contribution in [0.2, 0.25) is 0 Å². The number of rotatable bonds is 5. The van der Waals surface area contributed by atoms with Gasteiger partial charge in [-0.1, -0.05) is 28.1 Å². The number of thiazole rings is 1. The SMILES string of the molecule is COC(=O)c1cc(SCc2nc(-c3cccc(Br)c3)cs2)cs1. The van der Waals surface area contributed by atoms with Gasteiger partial charge in [0.15, 0.2) is 0 Å². The molecule has 2 heterocycles. The van der Waals surface area contributed by atoms with Crippen molar-refractivity contribution < 1.29 is 9.53 Å². The third kappa shape index (κ3) is 4.23. The molecule has 0 saturated heterocycles. The molecule has 0 N–H and O–H groups in total. The van der Waals surface area contributed by atoms with Gasteiger partial charge in [0.25, 0.3) is 0 Å². The summed E-state index contributed by atoms with van der Waals surface area (Å²) in [7, 11) is 1.40. The number of thioether (sulfide) groups is 1. The summed E-state index contributed by atoms with van der Waals surface area (Å²) < 4.78 is 5.77. The molecule has 1 aromatic carbocycles. The average molecular weight is 426 g/mol. The van der Waals surface area contributed by atoms with Gasteiger partial charge in [0.2, 0.25) is 0 Å². The Morgan fingerprint density at radius 3 is 2.96 bits per heavy atom. The minimum atomic E-state index is -0.284. The minimum absolute atomic E-state index is 0.284. The molecule has 0 aliphatic rings. The summed E-state index contributed by atoms with van der Waals surface area (Å²) in [4.78, 5) is 17.8. The van der Waals surface area contributed by atoms with Crippen LogP contribution in [0.5, 0.6) is 0 Å². The van der Waals surface area contributed by atoms with Gasteiger partial charge in [-0.05, 0) is 18.2 Å². The zero-order valence-electron chi connectivity index (χ0n) is 12.1. The van der Waals surface area contributed by atoms with E-state index in [1.807, 2.05) is 23.6 Å². The molecule has 2 aromatic heterocycles. The van der Waals surface area contributed by atoms with E-state index in [1.54, 1.807) is 23.1 Å². The van der Waals surface area contributed by atoms with E-state index in [2.05, 4.69) is 38.4 Å². The lowest BCUT2D eigenvalue weighted by molar-refractivity contribution is 0.0606. The highest BCUT2D eigenvalue weighted by Crippen LogP contribution is 2.31. The number of methoxy groups -OCH3 is 1. The van der Waals surface area contributed by atoms with Gasteiger partial charge < -0.3 is 4.74 Å². The Hall–Kier alpha value is -1.15. The van der Waals surface area contributed by atoms with Crippen LogP contribution in [0.25, 0.3) is 11.3 Å². The third-order valence-electron chi connectivity index (χ3n) is 3.00. The third-order valence-corrected chi connectivity index (χ3v) is 6.57. The molecular formula is C16H12BrNO2S3. The van der Waals surface area contributed by atoms with E-state index in [0.29, 0.717) is 4.88 Å². The Morgan fingerprint density at radius 2 is 2.17 bits per heavy atom. The summed E-state index contributed by atoms with van der Waals surface area (Å²) in [6.07, 6.45) is 0. The van der Waals surface area contributed by atoms with Gasteiger partial charge in [0.1, 0.15) is 9.88 Å². The Bertz CT molecular complexity index is 828. The van der Waals surface area contributed by atoms with Crippen LogP contribution in [0.3, 0.4) is 0 Å². The molecule has 3 nitrogen and oxygen atoms in total. The maximum absolute atomic E-state index is 11.5. The van der Waals surface area contributed by atoms with Crippen LogP contribution in [0.4, 0.5) is 0 Å². The number of carbonyl (C=O) groups excluding carboxylic acids is 1. The van der Waals surface area contributed by atoms with Gasteiger partial charge in [0, 0.05) is 25.7 Å². The van der Waals surface area contributed by atoms with Gasteiger partial charge in [-0.25, -0.2) is 9.78 Å². The van der Waals surface area contributed by atoms with Crippen molar-refractivity contribution in [2.24, 2.45) is 0 Å². The van der Waals surface area contributed by atoms with Crippen LogP contribution in [0.1, 0.15) is 14.7 Å². The number of ether oxygens (including phenoxy) is 1. The van der Waals surface area contributed by atoms with Crippen molar-refractivity contribution in [3.05, 3.63) is 55.4 Å². The fourth-order valence-corrected chi connectivity index (χ4v) is 5.07. The highest BCUT2D eigenvalue weighted by Gasteiger charge is 2.10. The quantitative estimate of drug-likeness (QED) is 0.387. The normalized spacial score (nSPS) is 10.7. The number of thiophene rings is 1. The number of esters is 1. The number of hydrogen-bond acceptors (Lipinski definition) is 6. The van der Waals surface area contributed by atoms with Gasteiger partial charge in [-0.15, -0.1) is 34.4 Å². The standard InChI is InChI=1S/C16H12BrNO2S3/c1-20-16(19)14-6-12(7-22-14)21-9-15-18-13(8-23-15)10-3-2-4-11(17)5-10/h2-8H,9H2,1H3. The van der Waals surface area contributed by atoms with Crippen LogP contribution in [-0.4, -0.2) is 18.1 Å². The topological polar surface area (TPSA) is 39.2 Å². The van der Waals surface area contributed by atoms with Gasteiger partial charge in [0.05, 0.1) is 18.6 Å². The molecule has 0 fully saturated rings. The largest absolute Gasteiger partial charge is 0.465 e. The number of nitrogens with zero attached hydrogens (tertiary/aromatic N) is 1. The van der Waals surface area contributed by atoms with Crippen molar-refractivity contribution >= 4 is 56.3 Å². The first kappa shape index (κ1) is 16.7. The molecule has 0 bridgehead atoms. The van der Waals surface area contributed by atoms with E-state index in [1.165, 1.54) is 18.4 Å². The van der Waals surface area contributed by atoms with E-state index in [-0.39, 0.29) is 5.97 Å². The number of carbonyl (C=O) groups is 1. The van der Waals surface area contributed by atoms with Crippen molar-refractivity contribution in [2.75, 3.05) is 7.11 Å². The zero-order valence-corrected chi connectivity index (χ0v) is 16.2. The summed E-state index contributed by atoms with van der Waals surface area (Å²) >= 11 is 8.21. The van der Waals surface area contributed by atoms with Crippen LogP contribution in [-0.2, 0) is 10.5 Å². The molecule has 0 radical (unpaired) electrons. The van der Waals surface area contributed by atoms with E-state index in [4.69, 9.17) is 4.74 Å². The van der Waals surface area contributed by atoms with E-state index in [0.717, 1.165) is 31.4 Å². The highest BCUT2D eigenvalue weighted by atomic mass is 79.9. The number of benzene rings is 1. The fraction of sp³-hybridized carbons (Fsp3) is 0.125. The van der Waals surface area contributed by atoms with Gasteiger partial charge in [-0.3, -0.25) is 0 Å². The van der Waals surface area contributed by atoms with Gasteiger partial charge in [-0.2, -0.15) is 0 Å². The molecule has 118 valence electrons. The van der Waals surface area contributed by atoms with Crippen LogP contribution >= 0.6 is 50.4 Å². The predicted octanol–water partition coefficient (Wildman–Crippen LogP) is 5.71. The predicted molar refractivity (Wildman–Crippen MR) is 100 cm³/mol. The molecule has 3 rings (SSSR count). The van der Waals surface area contributed by atoms with Crippen LogP contribution in [0, 0.1) is 0 Å². The molecule has 3 aromatic rings. The maximum Gasteiger partial charge on any atom is 0.348 e. The molecule has 0 saturated carbocycles. The zero-order chi connectivity index (χ0) is 16.2. The Morgan fingerprint density at radius 1 is 1.30 bits per heavy atom.